The molecule has 1 saturated heterocycles. The fourth-order valence-electron chi connectivity index (χ4n) is 4.39. The van der Waals surface area contributed by atoms with Crippen molar-refractivity contribution in [3.63, 3.8) is 0 Å². The van der Waals surface area contributed by atoms with Crippen molar-refractivity contribution in [2.24, 2.45) is 0 Å². The maximum atomic E-state index is 13.2. The minimum Gasteiger partial charge on any atom is -0.404 e. The van der Waals surface area contributed by atoms with Crippen LogP contribution in [0.1, 0.15) is 44.7 Å². The maximum Gasteiger partial charge on any atom is 0.419 e. The maximum absolute atomic E-state index is 13.2. The molecule has 0 unspecified atom stereocenters. The number of aromatic nitrogens is 3. The van der Waals surface area contributed by atoms with Crippen LogP contribution >= 0.6 is 0 Å². The summed E-state index contributed by atoms with van der Waals surface area (Å²) in [5, 5.41) is 7.56. The topological polar surface area (TPSA) is 106 Å². The Balaban J connectivity index is 1.81. The highest BCUT2D eigenvalue weighted by Crippen LogP contribution is 2.34. The number of cyclic esters (lactones) is 1. The van der Waals surface area contributed by atoms with Gasteiger partial charge in [-0.05, 0) is 56.5 Å². The van der Waals surface area contributed by atoms with Gasteiger partial charge in [0.25, 0.3) is 11.5 Å². The third-order valence-corrected chi connectivity index (χ3v) is 6.33. The molecule has 1 aliphatic heterocycles. The van der Waals surface area contributed by atoms with Crippen molar-refractivity contribution in [1.82, 2.24) is 20.1 Å². The molecule has 8 heteroatoms. The number of imide groups is 1. The van der Waals surface area contributed by atoms with Gasteiger partial charge in [-0.2, -0.15) is 5.10 Å². The Kier molecular flexibility index (Phi) is 5.46. The molecule has 8 nitrogen and oxygen atoms in total. The second-order valence-electron chi connectivity index (χ2n) is 8.02. The van der Waals surface area contributed by atoms with Crippen molar-refractivity contribution in [2.75, 3.05) is 0 Å². The van der Waals surface area contributed by atoms with Gasteiger partial charge < -0.3 is 9.72 Å². The van der Waals surface area contributed by atoms with E-state index >= 15 is 0 Å². The lowest BCUT2D eigenvalue weighted by atomic mass is 9.75. The SMILES string of the molecule is CCn1ncc2cc(C)c(-c3ccc(C(C=C4OC(=O)NC4=O)(CC)CC)c(=O)[nH]3)cc21. The zero-order chi connectivity index (χ0) is 23.0. The Labute approximate surface area is 185 Å². The van der Waals surface area contributed by atoms with E-state index in [0.717, 1.165) is 28.6 Å². The predicted molar refractivity (Wildman–Crippen MR) is 121 cm³/mol. The van der Waals surface area contributed by atoms with Crippen LogP contribution in [0.5, 0.6) is 0 Å². The van der Waals surface area contributed by atoms with Gasteiger partial charge in [0.15, 0.2) is 5.76 Å². The lowest BCUT2D eigenvalue weighted by Crippen LogP contribution is -2.31. The molecule has 0 spiro atoms. The van der Waals surface area contributed by atoms with Crippen molar-refractivity contribution in [3.8, 4) is 11.3 Å². The Hall–Kier alpha value is -3.68. The van der Waals surface area contributed by atoms with E-state index in [1.54, 1.807) is 12.1 Å². The molecule has 0 saturated carbocycles. The molecule has 0 atom stereocenters. The van der Waals surface area contributed by atoms with Crippen molar-refractivity contribution in [1.29, 1.82) is 0 Å². The molecule has 3 aromatic rings. The Morgan fingerprint density at radius 2 is 1.88 bits per heavy atom. The number of fused-ring (bicyclic) bond motifs is 1. The molecule has 166 valence electrons. The standard InChI is InChI=1S/C24H26N4O4/c1-5-24(6-2,12-20-22(30)27-23(31)32-20)17-8-9-18(26-21(17)29)16-11-19-15(10-14(16)4)13-25-28(19)7-3/h8-13H,5-7H2,1-4H3,(H,26,29)(H,27,30,31). The van der Waals surface area contributed by atoms with Gasteiger partial charge >= 0.3 is 6.09 Å². The summed E-state index contributed by atoms with van der Waals surface area (Å²) in [4.78, 5) is 39.7. The van der Waals surface area contributed by atoms with Crippen LogP contribution in [0.15, 0.2) is 47.1 Å². The smallest absolute Gasteiger partial charge is 0.404 e. The van der Waals surface area contributed by atoms with Crippen molar-refractivity contribution < 1.29 is 14.3 Å². The molecule has 4 rings (SSSR count). The molecule has 0 radical (unpaired) electrons. The zero-order valence-corrected chi connectivity index (χ0v) is 18.6. The van der Waals surface area contributed by atoms with Crippen LogP contribution in [0.2, 0.25) is 0 Å². The van der Waals surface area contributed by atoms with E-state index < -0.39 is 17.4 Å². The number of alkyl carbamates (subject to hydrolysis) is 1. The second-order valence-corrected chi connectivity index (χ2v) is 8.02. The Bertz CT molecular complexity index is 1310. The first-order valence-corrected chi connectivity index (χ1v) is 10.8. The van der Waals surface area contributed by atoms with E-state index in [1.165, 1.54) is 0 Å². The first-order valence-electron chi connectivity index (χ1n) is 10.8. The largest absolute Gasteiger partial charge is 0.419 e. The molecular formula is C24H26N4O4. The van der Waals surface area contributed by atoms with Gasteiger partial charge in [0.1, 0.15) is 0 Å². The summed E-state index contributed by atoms with van der Waals surface area (Å²) in [5.74, 6) is -0.665. The number of nitrogens with zero attached hydrogens (tertiary/aromatic N) is 2. The van der Waals surface area contributed by atoms with Gasteiger partial charge in [0, 0.05) is 34.2 Å². The Morgan fingerprint density at radius 1 is 1.12 bits per heavy atom. The average molecular weight is 434 g/mol. The number of rotatable bonds is 6. The van der Waals surface area contributed by atoms with Crippen molar-refractivity contribution in [2.45, 2.75) is 52.5 Å². The number of benzene rings is 1. The number of aromatic amines is 1. The lowest BCUT2D eigenvalue weighted by Gasteiger charge is -2.28. The summed E-state index contributed by atoms with van der Waals surface area (Å²) >= 11 is 0. The van der Waals surface area contributed by atoms with Gasteiger partial charge in [0.05, 0.1) is 11.7 Å². The van der Waals surface area contributed by atoms with Gasteiger partial charge in [0.2, 0.25) is 0 Å². The molecule has 1 aromatic carbocycles. The van der Waals surface area contributed by atoms with E-state index in [4.69, 9.17) is 4.74 Å². The van der Waals surface area contributed by atoms with Crippen molar-refractivity contribution in [3.05, 3.63) is 63.8 Å². The van der Waals surface area contributed by atoms with E-state index in [0.29, 0.717) is 24.1 Å². The average Bonchev–Trinajstić information content (AvgIpc) is 3.32. The molecule has 0 aliphatic carbocycles. The number of nitrogens with one attached hydrogen (secondary N) is 2. The number of hydrogen-bond donors (Lipinski definition) is 2. The van der Waals surface area contributed by atoms with Crippen LogP contribution in [-0.4, -0.2) is 26.8 Å². The molecule has 0 bridgehead atoms. The molecule has 2 N–H and O–H groups in total. The van der Waals surface area contributed by atoms with Crippen LogP contribution in [0.3, 0.4) is 0 Å². The highest BCUT2D eigenvalue weighted by atomic mass is 16.6. The fraction of sp³-hybridized carbons (Fsp3) is 0.333. The molecule has 1 fully saturated rings. The highest BCUT2D eigenvalue weighted by Gasteiger charge is 2.35. The predicted octanol–water partition coefficient (Wildman–Crippen LogP) is 3.93. The minimum absolute atomic E-state index is 0.0729. The van der Waals surface area contributed by atoms with Crippen molar-refractivity contribution >= 4 is 22.9 Å². The summed E-state index contributed by atoms with van der Waals surface area (Å²) in [6.45, 7) is 8.67. The number of ether oxygens (including phenoxy) is 1. The summed E-state index contributed by atoms with van der Waals surface area (Å²) in [6, 6.07) is 7.80. The lowest BCUT2D eigenvalue weighted by molar-refractivity contribution is -0.116. The summed E-state index contributed by atoms with van der Waals surface area (Å²) in [6.07, 6.45) is 3.75. The van der Waals surface area contributed by atoms with Crippen LogP contribution < -0.4 is 10.9 Å². The normalized spacial score (nSPS) is 15.4. The molecule has 3 heterocycles. The van der Waals surface area contributed by atoms with Crippen LogP contribution in [0.25, 0.3) is 22.2 Å². The zero-order valence-electron chi connectivity index (χ0n) is 18.6. The first-order chi connectivity index (χ1) is 15.3. The molecule has 32 heavy (non-hydrogen) atoms. The summed E-state index contributed by atoms with van der Waals surface area (Å²) in [5.41, 5.74) is 3.21. The van der Waals surface area contributed by atoms with Gasteiger partial charge in [-0.25, -0.2) is 4.79 Å². The molecule has 1 aliphatic rings. The quantitative estimate of drug-likeness (QED) is 0.572. The van der Waals surface area contributed by atoms with Gasteiger partial charge in [-0.1, -0.05) is 19.9 Å². The number of H-pyrrole nitrogens is 1. The Morgan fingerprint density at radius 3 is 2.47 bits per heavy atom. The van der Waals surface area contributed by atoms with Gasteiger partial charge in [-0.15, -0.1) is 0 Å². The highest BCUT2D eigenvalue weighted by molar-refractivity contribution is 6.07. The molecule has 2 amide bonds. The van der Waals surface area contributed by atoms with E-state index in [9.17, 15) is 14.4 Å². The number of carbonyl (C=O) groups excluding carboxylic acids is 2. The third kappa shape index (κ3) is 3.51. The van der Waals surface area contributed by atoms with E-state index in [2.05, 4.69) is 21.5 Å². The van der Waals surface area contributed by atoms with Crippen LogP contribution in [-0.2, 0) is 21.5 Å². The second kappa shape index (κ2) is 8.11. The number of aryl methyl sites for hydroxylation is 2. The fourth-order valence-corrected chi connectivity index (χ4v) is 4.39. The number of hydrogen-bond acceptors (Lipinski definition) is 5. The summed E-state index contributed by atoms with van der Waals surface area (Å²) in [7, 11) is 0. The monoisotopic (exact) mass is 434 g/mol. The third-order valence-electron chi connectivity index (χ3n) is 6.33. The van der Waals surface area contributed by atoms with Crippen LogP contribution in [0.4, 0.5) is 4.79 Å². The van der Waals surface area contributed by atoms with Crippen LogP contribution in [0, 0.1) is 6.92 Å². The van der Waals surface area contributed by atoms with Gasteiger partial charge in [-0.3, -0.25) is 19.6 Å². The van der Waals surface area contributed by atoms with E-state index in [-0.39, 0.29) is 11.3 Å². The molecule has 2 aromatic heterocycles. The first kappa shape index (κ1) is 21.5. The number of amides is 2. The number of pyridine rings is 1. The number of carbonyl (C=O) groups is 2. The molecular weight excluding hydrogens is 408 g/mol. The minimum atomic E-state index is -0.802. The van der Waals surface area contributed by atoms with E-state index in [1.807, 2.05) is 50.7 Å². The number of allylic oxidation sites excluding steroid dienone is 1. The summed E-state index contributed by atoms with van der Waals surface area (Å²) < 4.78 is 6.92.